The molecule has 0 N–H and O–H groups in total. The van der Waals surface area contributed by atoms with E-state index in [9.17, 15) is 0 Å². The molecule has 0 aliphatic heterocycles. The van der Waals surface area contributed by atoms with Crippen molar-refractivity contribution in [1.29, 1.82) is 0 Å². The summed E-state index contributed by atoms with van der Waals surface area (Å²) in [7, 11) is 0. The van der Waals surface area contributed by atoms with Crippen molar-refractivity contribution in [2.45, 2.75) is 5.41 Å². The van der Waals surface area contributed by atoms with E-state index < -0.39 is 5.41 Å². The fourth-order valence-electron chi connectivity index (χ4n) is 13.9. The number of aromatic nitrogens is 3. The van der Waals surface area contributed by atoms with E-state index in [1.54, 1.807) is 11.3 Å². The third kappa shape index (κ3) is 8.40. The van der Waals surface area contributed by atoms with Gasteiger partial charge in [-0.15, -0.1) is 11.3 Å². The highest BCUT2D eigenvalue weighted by molar-refractivity contribution is 7.25. The molecular formula is C83H53N3S. The predicted octanol–water partition coefficient (Wildman–Crippen LogP) is 22.0. The predicted molar refractivity (Wildman–Crippen MR) is 365 cm³/mol. The third-order valence-electron chi connectivity index (χ3n) is 17.9. The molecule has 0 unspecified atom stereocenters. The Morgan fingerprint density at radius 1 is 0.299 bits per heavy atom. The molecule has 0 atom stereocenters. The van der Waals surface area contributed by atoms with Crippen molar-refractivity contribution < 1.29 is 0 Å². The zero-order chi connectivity index (χ0) is 57.4. The van der Waals surface area contributed by atoms with Gasteiger partial charge in [0, 0.05) is 38.3 Å². The lowest BCUT2D eigenvalue weighted by Crippen LogP contribution is -2.28. The normalized spacial score (nSPS) is 12.5. The first kappa shape index (κ1) is 50.5. The molecular weight excluding hydrogens is 1070 g/mol. The summed E-state index contributed by atoms with van der Waals surface area (Å²) in [6.07, 6.45) is 2.00. The maximum atomic E-state index is 5.38. The second kappa shape index (κ2) is 20.6. The Balaban J connectivity index is 0.782. The topological polar surface area (TPSA) is 30.7 Å². The maximum absolute atomic E-state index is 5.38. The van der Waals surface area contributed by atoms with Crippen LogP contribution < -0.4 is 0 Å². The van der Waals surface area contributed by atoms with Crippen molar-refractivity contribution in [1.82, 2.24) is 14.5 Å². The van der Waals surface area contributed by atoms with Crippen LogP contribution >= 0.6 is 11.3 Å². The molecule has 0 saturated heterocycles. The number of nitrogens with zero attached hydrogens (tertiary/aromatic N) is 3. The summed E-state index contributed by atoms with van der Waals surface area (Å²) in [5.74, 6) is 0.707. The van der Waals surface area contributed by atoms with Crippen LogP contribution in [0.3, 0.4) is 0 Å². The molecule has 13 aromatic carbocycles. The molecule has 0 fully saturated rings. The van der Waals surface area contributed by atoms with Gasteiger partial charge in [-0.05, 0) is 173 Å². The zero-order valence-corrected chi connectivity index (χ0v) is 48.2. The third-order valence-corrected chi connectivity index (χ3v) is 19.0. The molecule has 16 aromatic rings. The largest absolute Gasteiger partial charge is 0.309 e. The molecule has 87 heavy (non-hydrogen) atoms. The van der Waals surface area contributed by atoms with Crippen molar-refractivity contribution in [3.05, 3.63) is 344 Å². The Labute approximate surface area is 509 Å². The van der Waals surface area contributed by atoms with E-state index in [0.29, 0.717) is 5.82 Å². The monoisotopic (exact) mass is 1120 g/mol. The van der Waals surface area contributed by atoms with Crippen LogP contribution in [-0.2, 0) is 5.41 Å². The molecule has 17 rings (SSSR count). The van der Waals surface area contributed by atoms with Crippen LogP contribution in [0, 0.1) is 0 Å². The molecule has 0 radical (unpaired) electrons. The number of hydrogen-bond donors (Lipinski definition) is 0. The highest BCUT2D eigenvalue weighted by Crippen LogP contribution is 2.57. The van der Waals surface area contributed by atoms with Gasteiger partial charge < -0.3 is 4.57 Å². The summed E-state index contributed by atoms with van der Waals surface area (Å²) in [6.45, 7) is 0. The molecule has 1 aliphatic rings. The molecule has 0 amide bonds. The van der Waals surface area contributed by atoms with Gasteiger partial charge in [0.25, 0.3) is 0 Å². The van der Waals surface area contributed by atoms with Gasteiger partial charge in [0.2, 0.25) is 0 Å². The van der Waals surface area contributed by atoms with E-state index in [0.717, 1.165) is 65.7 Å². The lowest BCUT2D eigenvalue weighted by atomic mass is 9.67. The van der Waals surface area contributed by atoms with Crippen molar-refractivity contribution in [2.24, 2.45) is 0 Å². The number of benzene rings is 13. The quantitative estimate of drug-likeness (QED) is 0.137. The first-order valence-corrected chi connectivity index (χ1v) is 30.6. The summed E-state index contributed by atoms with van der Waals surface area (Å²) in [5, 5.41) is 3.55. The second-order valence-corrected chi connectivity index (χ2v) is 23.9. The van der Waals surface area contributed by atoms with Crippen LogP contribution in [0.2, 0.25) is 0 Å². The lowest BCUT2D eigenvalue weighted by Gasteiger charge is -2.34. The first-order valence-electron chi connectivity index (χ1n) is 29.8. The van der Waals surface area contributed by atoms with Gasteiger partial charge >= 0.3 is 0 Å². The van der Waals surface area contributed by atoms with Crippen LogP contribution in [0.15, 0.2) is 322 Å². The summed E-state index contributed by atoms with van der Waals surface area (Å²) >= 11 is 1.74. The van der Waals surface area contributed by atoms with Crippen molar-refractivity contribution in [3.8, 4) is 95.0 Å². The Hall–Kier alpha value is -11.0. The SMILES string of the molecule is c1ccc(-c2cc(-c3ccccc3)cc(-c3cccc(-c4ncc5sc6ccc(-c7cccc(-c8cccc9c8c8cc(-c%10ccccc%10)ccc8n9-c8ccc9c(c8)C(c8ccccc8)(c8ccccc8)c8ccccc8-9)c7)cc6c5n4)c3)c2)cc1. The van der Waals surface area contributed by atoms with Gasteiger partial charge in [-0.3, -0.25) is 0 Å². The average molecular weight is 1120 g/mol. The van der Waals surface area contributed by atoms with Crippen LogP contribution in [0.4, 0.5) is 0 Å². The van der Waals surface area contributed by atoms with Gasteiger partial charge in [-0.2, -0.15) is 0 Å². The minimum Gasteiger partial charge on any atom is -0.309 e. The van der Waals surface area contributed by atoms with Crippen LogP contribution in [0.1, 0.15) is 22.3 Å². The lowest BCUT2D eigenvalue weighted by molar-refractivity contribution is 0.767. The number of rotatable bonds is 10. The van der Waals surface area contributed by atoms with Crippen LogP contribution in [0.5, 0.6) is 0 Å². The van der Waals surface area contributed by atoms with E-state index >= 15 is 0 Å². The molecule has 406 valence electrons. The van der Waals surface area contributed by atoms with Crippen molar-refractivity contribution >= 4 is 53.4 Å². The number of thiophene rings is 1. The van der Waals surface area contributed by atoms with E-state index in [2.05, 4.69) is 320 Å². The summed E-state index contributed by atoms with van der Waals surface area (Å²) in [4.78, 5) is 10.4. The Morgan fingerprint density at radius 3 is 1.47 bits per heavy atom. The van der Waals surface area contributed by atoms with E-state index in [4.69, 9.17) is 9.97 Å². The van der Waals surface area contributed by atoms with Crippen LogP contribution in [0.25, 0.3) is 137 Å². The molecule has 3 aromatic heterocycles. The maximum Gasteiger partial charge on any atom is 0.159 e. The number of hydrogen-bond acceptors (Lipinski definition) is 3. The summed E-state index contributed by atoms with van der Waals surface area (Å²) in [6, 6.07) is 116. The molecule has 1 aliphatic carbocycles. The van der Waals surface area contributed by atoms with Gasteiger partial charge in [-0.1, -0.05) is 243 Å². The van der Waals surface area contributed by atoms with E-state index in [1.165, 1.54) is 87.8 Å². The molecule has 3 heterocycles. The van der Waals surface area contributed by atoms with Gasteiger partial charge in [-0.25, -0.2) is 9.97 Å². The van der Waals surface area contributed by atoms with Gasteiger partial charge in [0.05, 0.1) is 26.7 Å². The van der Waals surface area contributed by atoms with E-state index in [1.807, 2.05) is 6.20 Å². The van der Waals surface area contributed by atoms with Crippen LogP contribution in [-0.4, -0.2) is 14.5 Å². The highest BCUT2D eigenvalue weighted by Gasteiger charge is 2.46. The highest BCUT2D eigenvalue weighted by atomic mass is 32.1. The average Bonchev–Trinajstić information content (AvgIpc) is 1.62. The Kier molecular flexibility index (Phi) is 12.0. The molecule has 4 heteroatoms. The summed E-state index contributed by atoms with van der Waals surface area (Å²) in [5.41, 5.74) is 26.5. The molecule has 0 spiro atoms. The number of fused-ring (bicyclic) bond motifs is 9. The van der Waals surface area contributed by atoms with Gasteiger partial charge in [0.15, 0.2) is 5.82 Å². The van der Waals surface area contributed by atoms with Crippen molar-refractivity contribution in [3.63, 3.8) is 0 Å². The molecule has 3 nitrogen and oxygen atoms in total. The van der Waals surface area contributed by atoms with Crippen molar-refractivity contribution in [2.75, 3.05) is 0 Å². The zero-order valence-electron chi connectivity index (χ0n) is 47.3. The fourth-order valence-corrected chi connectivity index (χ4v) is 14.9. The first-order chi connectivity index (χ1) is 43.1. The van der Waals surface area contributed by atoms with Gasteiger partial charge in [0.1, 0.15) is 0 Å². The molecule has 0 bridgehead atoms. The smallest absolute Gasteiger partial charge is 0.159 e. The standard InChI is InChI=1S/C83H53N3S/c1-6-21-54(22-7-1)59-39-43-76-72(50-59)80-69(36-20-38-77(80)86(76)68-41-42-71-70-35-16-17-37-74(70)83(75(71)52-68,66-31-12-4-13-32-66)67-33-14-5-15-34-67)61-29-18-27-57(45-61)60-40-44-78-73(51-60)81-79(87-78)53-84-82(85-81)62-30-19-28-58(46-62)65-48-63(55-23-8-2-9-24-55)47-64(49-65)56-25-10-3-11-26-56/h1-53H. The summed E-state index contributed by atoms with van der Waals surface area (Å²) < 4.78 is 4.75. The minimum atomic E-state index is -0.528. The minimum absolute atomic E-state index is 0.528. The Morgan fingerprint density at radius 2 is 0.782 bits per heavy atom. The molecule has 0 saturated carbocycles. The fraction of sp³-hybridized carbons (Fsp3) is 0.0120. The Bertz CT molecular complexity index is 5220. The second-order valence-electron chi connectivity index (χ2n) is 22.8. The van der Waals surface area contributed by atoms with E-state index in [-0.39, 0.29) is 0 Å².